The molecule has 0 aromatic rings. The molecule has 0 heterocycles. The van der Waals surface area contributed by atoms with E-state index in [1.165, 1.54) is 32.1 Å². The van der Waals surface area contributed by atoms with Crippen LogP contribution in [0, 0.1) is 51.8 Å². The number of aliphatic carboxylic acids is 1. The number of fused-ring (bicyclic) bond motifs is 7. The van der Waals surface area contributed by atoms with Crippen molar-refractivity contribution in [3.8, 4) is 0 Å². The molecule has 10 unspecified atom stereocenters. The summed E-state index contributed by atoms with van der Waals surface area (Å²) in [5.74, 6) is 2.87. The Morgan fingerprint density at radius 2 is 1.44 bits per heavy atom. The molecule has 6 nitrogen and oxygen atoms in total. The largest absolute Gasteiger partial charge is 0.483 e. The van der Waals surface area contributed by atoms with E-state index in [0.717, 1.165) is 44.4 Å². The molecular formula is C30H50O6. The highest BCUT2D eigenvalue weighted by Gasteiger charge is 2.66. The quantitative estimate of drug-likeness (QED) is 0.315. The first-order chi connectivity index (χ1) is 17.0. The molecule has 0 aromatic heterocycles. The number of rotatable bonds is 2. The molecule has 5 saturated carbocycles. The molecule has 10 atom stereocenters. The third-order valence-electron chi connectivity index (χ3n) is 11.8. The lowest BCUT2D eigenvalue weighted by Gasteiger charge is -2.67. The molecule has 5 aliphatic carbocycles. The minimum absolute atomic E-state index is 0.0839. The molecule has 5 fully saturated rings. The lowest BCUT2D eigenvalue weighted by Crippen LogP contribution is -2.61. The van der Waals surface area contributed by atoms with Crippen molar-refractivity contribution >= 4 is 18.4 Å². The van der Waals surface area contributed by atoms with E-state index in [4.69, 9.17) is 14.6 Å². The molecule has 0 aliphatic heterocycles. The Kier molecular flexibility index (Phi) is 8.88. The number of hydrogen-bond donors (Lipinski definition) is 2. The highest BCUT2D eigenvalue weighted by atomic mass is 16.5. The average molecular weight is 507 g/mol. The van der Waals surface area contributed by atoms with Crippen LogP contribution in [-0.4, -0.2) is 34.7 Å². The van der Waals surface area contributed by atoms with Crippen LogP contribution in [0.1, 0.15) is 112 Å². The van der Waals surface area contributed by atoms with Gasteiger partial charge in [-0.05, 0) is 111 Å². The Balaban J connectivity index is 0.000000674. The van der Waals surface area contributed by atoms with Crippen molar-refractivity contribution in [1.29, 1.82) is 0 Å². The summed E-state index contributed by atoms with van der Waals surface area (Å²) in [4.78, 5) is 32.3. The minimum atomic E-state index is -0.506. The molecule has 206 valence electrons. The predicted molar refractivity (Wildman–Crippen MR) is 139 cm³/mol. The first kappa shape index (κ1) is 29.0. The van der Waals surface area contributed by atoms with Gasteiger partial charge in [-0.2, -0.15) is 0 Å². The fourth-order valence-corrected chi connectivity index (χ4v) is 10.6. The van der Waals surface area contributed by atoms with Crippen LogP contribution in [-0.2, 0) is 19.1 Å². The van der Waals surface area contributed by atoms with Crippen LogP contribution in [0.4, 0.5) is 0 Å². The van der Waals surface area contributed by atoms with Gasteiger partial charge in [0, 0.05) is 6.92 Å². The van der Waals surface area contributed by atoms with Crippen LogP contribution in [0.25, 0.3) is 0 Å². The van der Waals surface area contributed by atoms with Crippen LogP contribution in [0.2, 0.25) is 0 Å². The van der Waals surface area contributed by atoms with E-state index in [-0.39, 0.29) is 18.5 Å². The van der Waals surface area contributed by atoms with Crippen molar-refractivity contribution in [2.45, 2.75) is 118 Å². The van der Waals surface area contributed by atoms with Gasteiger partial charge in [0.1, 0.15) is 6.10 Å². The summed E-state index contributed by atoms with van der Waals surface area (Å²) in [7, 11) is 0. The summed E-state index contributed by atoms with van der Waals surface area (Å²) in [6.07, 6.45) is 12.4. The van der Waals surface area contributed by atoms with Gasteiger partial charge < -0.3 is 14.9 Å². The van der Waals surface area contributed by atoms with Crippen molar-refractivity contribution in [2.24, 2.45) is 51.8 Å². The van der Waals surface area contributed by atoms with Gasteiger partial charge in [0.05, 0.1) is 5.41 Å². The first-order valence-electron chi connectivity index (χ1n) is 14.5. The second kappa shape index (κ2) is 11.0. The lowest BCUT2D eigenvalue weighted by molar-refractivity contribution is -0.204. The number of hydrogen-bond acceptors (Lipinski definition) is 4. The molecule has 0 amide bonds. The third kappa shape index (κ3) is 4.49. The molecule has 0 spiro atoms. The molecule has 2 N–H and O–H groups in total. The number of carbonyl (C=O) groups excluding carboxylic acids is 1. The zero-order valence-electron chi connectivity index (χ0n) is 23.4. The first-order valence-corrected chi connectivity index (χ1v) is 14.5. The second-order valence-corrected chi connectivity index (χ2v) is 12.7. The lowest BCUT2D eigenvalue weighted by atomic mass is 9.37. The van der Waals surface area contributed by atoms with E-state index in [9.17, 15) is 14.7 Å². The smallest absolute Gasteiger partial charge is 0.309 e. The number of carboxylic acids is 1. The van der Waals surface area contributed by atoms with Crippen molar-refractivity contribution in [2.75, 3.05) is 0 Å². The van der Waals surface area contributed by atoms with Gasteiger partial charge in [-0.1, -0.05) is 41.0 Å². The molecule has 36 heavy (non-hydrogen) atoms. The van der Waals surface area contributed by atoms with Gasteiger partial charge in [-0.3, -0.25) is 14.4 Å². The standard InChI is InChI=1S/C27H42O4.C2H6.CH2O2/c1-16-19-9-13-26(4)20-10-15-27(24(29)30)12-5-6-21(27)18(20)7-8-23(26)25(19,3)14-11-22(16)31-17(2)28;1-2;2-1-3/h16,18-23H,5-15H2,1-4H3,(H,29,30);1-2H3;1H,(H,2,3). The van der Waals surface area contributed by atoms with Crippen LogP contribution in [0.3, 0.4) is 0 Å². The number of carboxylic acid groups (broad SMARTS) is 2. The molecule has 0 aromatic carbocycles. The van der Waals surface area contributed by atoms with E-state index >= 15 is 0 Å². The Labute approximate surface area is 217 Å². The normalized spacial score (nSPS) is 46.6. The van der Waals surface area contributed by atoms with Crippen LogP contribution >= 0.6 is 0 Å². The Hall–Kier alpha value is -1.59. The molecule has 0 saturated heterocycles. The molecule has 0 bridgehead atoms. The monoisotopic (exact) mass is 506 g/mol. The SMILES string of the molecule is CC.CC(=O)OC1CCC2(C)C(CCC3(C)C4CCC5(C(=O)O)CCCC5C4CCC23)C1C.O=CO. The summed E-state index contributed by atoms with van der Waals surface area (Å²) in [5, 5.41) is 17.1. The van der Waals surface area contributed by atoms with Gasteiger partial charge in [-0.25, -0.2) is 0 Å². The summed E-state index contributed by atoms with van der Waals surface area (Å²) in [6, 6.07) is 0. The number of ether oxygens (including phenoxy) is 1. The summed E-state index contributed by atoms with van der Waals surface area (Å²) < 4.78 is 5.73. The number of carbonyl (C=O) groups is 3. The van der Waals surface area contributed by atoms with Crippen molar-refractivity contribution in [3.05, 3.63) is 0 Å². The zero-order chi connectivity index (χ0) is 26.9. The van der Waals surface area contributed by atoms with Crippen molar-refractivity contribution in [1.82, 2.24) is 0 Å². The zero-order valence-corrected chi connectivity index (χ0v) is 23.4. The minimum Gasteiger partial charge on any atom is -0.483 e. The maximum atomic E-state index is 12.3. The van der Waals surface area contributed by atoms with Gasteiger partial charge in [0.25, 0.3) is 6.47 Å². The Morgan fingerprint density at radius 3 is 2.06 bits per heavy atom. The van der Waals surface area contributed by atoms with Gasteiger partial charge in [0.15, 0.2) is 0 Å². The highest BCUT2D eigenvalue weighted by molar-refractivity contribution is 5.75. The van der Waals surface area contributed by atoms with Crippen LogP contribution in [0.15, 0.2) is 0 Å². The van der Waals surface area contributed by atoms with Gasteiger partial charge >= 0.3 is 11.9 Å². The molecule has 5 aliphatic rings. The maximum Gasteiger partial charge on any atom is 0.309 e. The van der Waals surface area contributed by atoms with Gasteiger partial charge in [-0.15, -0.1) is 0 Å². The summed E-state index contributed by atoms with van der Waals surface area (Å²) in [6.45, 7) is 12.8. The van der Waals surface area contributed by atoms with Gasteiger partial charge in [0.2, 0.25) is 0 Å². The number of esters is 1. The molecule has 6 heteroatoms. The predicted octanol–water partition coefficient (Wildman–Crippen LogP) is 6.80. The van der Waals surface area contributed by atoms with E-state index in [1.807, 2.05) is 13.8 Å². The summed E-state index contributed by atoms with van der Waals surface area (Å²) >= 11 is 0. The topological polar surface area (TPSA) is 101 Å². The van der Waals surface area contributed by atoms with Crippen LogP contribution in [0.5, 0.6) is 0 Å². The van der Waals surface area contributed by atoms with E-state index in [0.29, 0.717) is 40.4 Å². The second-order valence-electron chi connectivity index (χ2n) is 12.7. The molecule has 5 rings (SSSR count). The summed E-state index contributed by atoms with van der Waals surface area (Å²) in [5.41, 5.74) is 0.253. The fourth-order valence-electron chi connectivity index (χ4n) is 10.6. The fraction of sp³-hybridized carbons (Fsp3) is 0.900. The molecular weight excluding hydrogens is 456 g/mol. The highest BCUT2D eigenvalue weighted by Crippen LogP contribution is 2.71. The van der Waals surface area contributed by atoms with Crippen molar-refractivity contribution in [3.63, 3.8) is 0 Å². The van der Waals surface area contributed by atoms with Crippen LogP contribution < -0.4 is 0 Å². The van der Waals surface area contributed by atoms with E-state index in [1.54, 1.807) is 6.92 Å². The Bertz CT molecular complexity index is 811. The van der Waals surface area contributed by atoms with E-state index < -0.39 is 11.4 Å². The average Bonchev–Trinajstić information content (AvgIpc) is 3.29. The maximum absolute atomic E-state index is 12.3. The van der Waals surface area contributed by atoms with E-state index in [2.05, 4.69) is 20.8 Å². The molecule has 0 radical (unpaired) electrons. The third-order valence-corrected chi connectivity index (χ3v) is 11.8. The van der Waals surface area contributed by atoms with Crippen molar-refractivity contribution < 1.29 is 29.3 Å². The Morgan fingerprint density at radius 1 is 0.861 bits per heavy atom.